The minimum atomic E-state index is -0.757. The molecule has 142 valence electrons. The average molecular weight is 387 g/mol. The molecular formula is C21H22FNO3S. The van der Waals surface area contributed by atoms with E-state index in [4.69, 9.17) is 4.74 Å². The second-order valence-corrected chi connectivity index (χ2v) is 7.73. The molecule has 0 radical (unpaired) electrons. The zero-order valence-electron chi connectivity index (χ0n) is 15.1. The number of nitrogens with zero attached hydrogens (tertiary/aromatic N) is 1. The summed E-state index contributed by atoms with van der Waals surface area (Å²) in [4.78, 5) is 26.6. The summed E-state index contributed by atoms with van der Waals surface area (Å²) in [5.41, 5.74) is 1.03. The number of carbonyl (C=O) groups excluding carboxylic acids is 2. The van der Waals surface area contributed by atoms with Crippen LogP contribution in [-0.2, 0) is 9.53 Å². The van der Waals surface area contributed by atoms with Gasteiger partial charge >= 0.3 is 5.97 Å². The van der Waals surface area contributed by atoms with Crippen molar-refractivity contribution >= 4 is 22.8 Å². The van der Waals surface area contributed by atoms with E-state index >= 15 is 0 Å². The SMILES string of the molecule is COC(=O)C(c1ccccc1F)N1CCC(SC(=O)c2ccccc2)CC1. The first-order valence-corrected chi connectivity index (χ1v) is 9.80. The molecule has 6 heteroatoms. The fourth-order valence-corrected chi connectivity index (χ4v) is 4.35. The number of benzene rings is 2. The molecule has 1 heterocycles. The number of carbonyl (C=O) groups is 2. The number of rotatable bonds is 5. The van der Waals surface area contributed by atoms with Crippen LogP contribution < -0.4 is 0 Å². The van der Waals surface area contributed by atoms with E-state index in [1.54, 1.807) is 18.2 Å². The Balaban J connectivity index is 1.65. The summed E-state index contributed by atoms with van der Waals surface area (Å²) in [6.07, 6.45) is 1.51. The molecule has 0 saturated carbocycles. The second kappa shape index (κ2) is 9.15. The van der Waals surface area contributed by atoms with Crippen LogP contribution in [0.5, 0.6) is 0 Å². The Labute approximate surface area is 162 Å². The molecule has 0 aliphatic carbocycles. The number of methoxy groups -OCH3 is 1. The van der Waals surface area contributed by atoms with Crippen LogP contribution in [0.3, 0.4) is 0 Å². The van der Waals surface area contributed by atoms with Gasteiger partial charge < -0.3 is 4.74 Å². The first kappa shape index (κ1) is 19.6. The fraction of sp³-hybridized carbons (Fsp3) is 0.333. The van der Waals surface area contributed by atoms with E-state index in [0.717, 1.165) is 12.8 Å². The average Bonchev–Trinajstić information content (AvgIpc) is 2.71. The van der Waals surface area contributed by atoms with Gasteiger partial charge in [-0.2, -0.15) is 0 Å². The summed E-state index contributed by atoms with van der Waals surface area (Å²) in [7, 11) is 1.32. The quantitative estimate of drug-likeness (QED) is 0.724. The van der Waals surface area contributed by atoms with E-state index in [1.807, 2.05) is 35.2 Å². The van der Waals surface area contributed by atoms with Crippen molar-refractivity contribution < 1.29 is 18.7 Å². The minimum Gasteiger partial charge on any atom is -0.468 e. The van der Waals surface area contributed by atoms with Crippen molar-refractivity contribution in [3.8, 4) is 0 Å². The zero-order chi connectivity index (χ0) is 19.2. The van der Waals surface area contributed by atoms with Gasteiger partial charge in [-0.25, -0.2) is 9.18 Å². The first-order valence-electron chi connectivity index (χ1n) is 8.92. The normalized spacial score (nSPS) is 16.7. The highest BCUT2D eigenvalue weighted by atomic mass is 32.2. The molecular weight excluding hydrogens is 365 g/mol. The third-order valence-electron chi connectivity index (χ3n) is 4.75. The van der Waals surface area contributed by atoms with Crippen LogP contribution in [0, 0.1) is 5.82 Å². The molecule has 1 aliphatic rings. The summed E-state index contributed by atoms with van der Waals surface area (Å²) in [5, 5.41) is 0.251. The number of piperidine rings is 1. The maximum atomic E-state index is 14.2. The predicted molar refractivity (Wildman–Crippen MR) is 104 cm³/mol. The molecule has 4 nitrogen and oxygen atoms in total. The Morgan fingerprint density at radius 2 is 1.70 bits per heavy atom. The molecule has 2 aromatic carbocycles. The van der Waals surface area contributed by atoms with Gasteiger partial charge in [-0.15, -0.1) is 0 Å². The molecule has 3 rings (SSSR count). The molecule has 0 N–H and O–H groups in total. The van der Waals surface area contributed by atoms with Crippen molar-refractivity contribution in [3.05, 3.63) is 71.5 Å². The van der Waals surface area contributed by atoms with Gasteiger partial charge in [0.1, 0.15) is 11.9 Å². The zero-order valence-corrected chi connectivity index (χ0v) is 16.0. The summed E-state index contributed by atoms with van der Waals surface area (Å²) < 4.78 is 19.2. The van der Waals surface area contributed by atoms with Gasteiger partial charge in [0.2, 0.25) is 5.12 Å². The van der Waals surface area contributed by atoms with Crippen LogP contribution in [0.2, 0.25) is 0 Å². The van der Waals surface area contributed by atoms with Crippen LogP contribution in [0.4, 0.5) is 4.39 Å². The minimum absolute atomic E-state index is 0.0627. The van der Waals surface area contributed by atoms with Gasteiger partial charge in [-0.3, -0.25) is 9.69 Å². The lowest BCUT2D eigenvalue weighted by atomic mass is 10.0. The molecule has 0 spiro atoms. The standard InChI is InChI=1S/C21H22FNO3S/c1-26-20(24)19(17-9-5-6-10-18(17)22)23-13-11-16(12-14-23)27-21(25)15-7-3-2-4-8-15/h2-10,16,19H,11-14H2,1H3. The molecule has 1 atom stereocenters. The van der Waals surface area contributed by atoms with Crippen LogP contribution >= 0.6 is 11.8 Å². The van der Waals surface area contributed by atoms with Gasteiger partial charge in [0.15, 0.2) is 0 Å². The van der Waals surface area contributed by atoms with Gasteiger partial charge in [0.25, 0.3) is 0 Å². The van der Waals surface area contributed by atoms with Gasteiger partial charge in [0.05, 0.1) is 7.11 Å². The molecule has 0 bridgehead atoms. The largest absolute Gasteiger partial charge is 0.468 e. The fourth-order valence-electron chi connectivity index (χ4n) is 3.33. The number of esters is 1. The lowest BCUT2D eigenvalue weighted by Gasteiger charge is -2.36. The van der Waals surface area contributed by atoms with Crippen molar-refractivity contribution in [2.24, 2.45) is 0 Å². The Morgan fingerprint density at radius 3 is 2.33 bits per heavy atom. The summed E-state index contributed by atoms with van der Waals surface area (Å²) in [6.45, 7) is 1.21. The number of likely N-dealkylation sites (tertiary alicyclic amines) is 1. The highest BCUT2D eigenvalue weighted by molar-refractivity contribution is 8.14. The molecule has 0 aromatic heterocycles. The van der Waals surface area contributed by atoms with Crippen LogP contribution in [0.1, 0.15) is 34.8 Å². The number of halogens is 1. The highest BCUT2D eigenvalue weighted by Crippen LogP contribution is 2.32. The van der Waals surface area contributed by atoms with E-state index in [2.05, 4.69) is 0 Å². The maximum absolute atomic E-state index is 14.2. The van der Waals surface area contributed by atoms with Crippen molar-refractivity contribution in [3.63, 3.8) is 0 Å². The molecule has 1 fully saturated rings. The Morgan fingerprint density at radius 1 is 1.07 bits per heavy atom. The Bertz CT molecular complexity index is 791. The van der Waals surface area contributed by atoms with Crippen molar-refractivity contribution in [1.82, 2.24) is 4.90 Å². The van der Waals surface area contributed by atoms with Crippen molar-refractivity contribution in [1.29, 1.82) is 0 Å². The number of hydrogen-bond donors (Lipinski definition) is 0. The molecule has 1 saturated heterocycles. The Kier molecular flexibility index (Phi) is 6.63. The third kappa shape index (κ3) is 4.76. The van der Waals surface area contributed by atoms with E-state index < -0.39 is 17.8 Å². The van der Waals surface area contributed by atoms with Crippen molar-refractivity contribution in [2.75, 3.05) is 20.2 Å². The van der Waals surface area contributed by atoms with E-state index in [1.165, 1.54) is 24.9 Å². The first-order chi connectivity index (χ1) is 13.1. The van der Waals surface area contributed by atoms with Crippen molar-refractivity contribution in [2.45, 2.75) is 24.1 Å². The lowest BCUT2D eigenvalue weighted by Crippen LogP contribution is -2.41. The highest BCUT2D eigenvalue weighted by Gasteiger charge is 2.34. The van der Waals surface area contributed by atoms with Gasteiger partial charge in [0, 0.05) is 29.5 Å². The van der Waals surface area contributed by atoms with Gasteiger partial charge in [-0.1, -0.05) is 60.3 Å². The van der Waals surface area contributed by atoms with E-state index in [9.17, 15) is 14.0 Å². The smallest absolute Gasteiger partial charge is 0.327 e. The van der Waals surface area contributed by atoms with E-state index in [-0.39, 0.29) is 10.4 Å². The van der Waals surface area contributed by atoms with Crippen LogP contribution in [0.25, 0.3) is 0 Å². The summed E-state index contributed by atoms with van der Waals surface area (Å²) in [6, 6.07) is 14.8. The predicted octanol–water partition coefficient (Wildman–Crippen LogP) is 4.08. The second-order valence-electron chi connectivity index (χ2n) is 6.45. The molecule has 27 heavy (non-hydrogen) atoms. The summed E-state index contributed by atoms with van der Waals surface area (Å²) in [5.74, 6) is -0.879. The molecule has 2 aromatic rings. The van der Waals surface area contributed by atoms with Gasteiger partial charge in [-0.05, 0) is 18.9 Å². The Hall–Kier alpha value is -2.18. The molecule has 1 aliphatic heterocycles. The van der Waals surface area contributed by atoms with Crippen LogP contribution in [0.15, 0.2) is 54.6 Å². The lowest BCUT2D eigenvalue weighted by molar-refractivity contribution is -0.147. The molecule has 1 unspecified atom stereocenters. The maximum Gasteiger partial charge on any atom is 0.327 e. The third-order valence-corrected chi connectivity index (χ3v) is 6.00. The number of hydrogen-bond acceptors (Lipinski definition) is 5. The summed E-state index contributed by atoms with van der Waals surface area (Å²) >= 11 is 1.34. The monoisotopic (exact) mass is 387 g/mol. The topological polar surface area (TPSA) is 46.6 Å². The number of ether oxygens (including phenoxy) is 1. The van der Waals surface area contributed by atoms with E-state index in [0.29, 0.717) is 24.2 Å². The number of thioether (sulfide) groups is 1. The van der Waals surface area contributed by atoms with Crippen LogP contribution in [-0.4, -0.2) is 41.4 Å². The molecule has 0 amide bonds.